The van der Waals surface area contributed by atoms with Gasteiger partial charge in [-0.3, -0.25) is 0 Å². The van der Waals surface area contributed by atoms with Crippen LogP contribution in [0, 0.1) is 4.71 Å². The molecule has 0 N–H and O–H groups in total. The molecule has 0 amide bonds. The zero-order valence-electron chi connectivity index (χ0n) is 13.0. The van der Waals surface area contributed by atoms with Gasteiger partial charge in [0, 0.05) is 11.0 Å². The molecule has 2 rings (SSSR count). The summed E-state index contributed by atoms with van der Waals surface area (Å²) in [6.45, 7) is 4.45. The summed E-state index contributed by atoms with van der Waals surface area (Å²) in [5, 5.41) is 0.993. The number of rotatable bonds is 9. The molecule has 0 saturated carbocycles. The highest BCUT2D eigenvalue weighted by atomic mass is 32.2. The molecule has 0 saturated heterocycles. The summed E-state index contributed by atoms with van der Waals surface area (Å²) >= 11 is 6.88. The SMILES string of the molecule is C=CCCCCCCOc1cc(=S)oc2ccc(SC)cc12. The smallest absolute Gasteiger partial charge is 0.194 e. The summed E-state index contributed by atoms with van der Waals surface area (Å²) in [6, 6.07) is 7.89. The van der Waals surface area contributed by atoms with Crippen LogP contribution in [0.1, 0.15) is 32.1 Å². The second kappa shape index (κ2) is 9.01. The van der Waals surface area contributed by atoms with Gasteiger partial charge in [0.1, 0.15) is 11.3 Å². The molecule has 2 aromatic rings. The zero-order valence-corrected chi connectivity index (χ0v) is 14.6. The van der Waals surface area contributed by atoms with Crippen LogP contribution in [-0.2, 0) is 0 Å². The molecule has 1 heterocycles. The molecule has 0 aliphatic heterocycles. The van der Waals surface area contributed by atoms with E-state index in [1.165, 1.54) is 24.2 Å². The Balaban J connectivity index is 2.00. The Bertz CT molecular complexity index is 676. The van der Waals surface area contributed by atoms with Crippen LogP contribution in [0.4, 0.5) is 0 Å². The van der Waals surface area contributed by atoms with Crippen molar-refractivity contribution in [3.05, 3.63) is 41.6 Å². The standard InChI is InChI=1S/C18H22O2S2/c1-3-4-5-6-7-8-11-19-17-13-18(21)20-16-10-9-14(22-2)12-15(16)17/h3,9-10,12-13H,1,4-8,11H2,2H3. The number of allylic oxidation sites excluding steroid dienone is 1. The lowest BCUT2D eigenvalue weighted by atomic mass is 10.1. The molecule has 1 aromatic carbocycles. The number of fused-ring (bicyclic) bond motifs is 1. The fourth-order valence-corrected chi connectivity index (χ4v) is 2.92. The molecular formula is C18H22O2S2. The monoisotopic (exact) mass is 334 g/mol. The summed E-state index contributed by atoms with van der Waals surface area (Å²) in [5.74, 6) is 0.827. The summed E-state index contributed by atoms with van der Waals surface area (Å²) in [7, 11) is 0. The molecule has 0 radical (unpaired) electrons. The lowest BCUT2D eigenvalue weighted by molar-refractivity contribution is 0.306. The van der Waals surface area contributed by atoms with Crippen molar-refractivity contribution in [2.24, 2.45) is 0 Å². The average molecular weight is 335 g/mol. The molecule has 2 nitrogen and oxygen atoms in total. The van der Waals surface area contributed by atoms with E-state index in [0.29, 0.717) is 11.3 Å². The van der Waals surface area contributed by atoms with E-state index in [9.17, 15) is 0 Å². The van der Waals surface area contributed by atoms with E-state index in [2.05, 4.69) is 18.9 Å². The highest BCUT2D eigenvalue weighted by Gasteiger charge is 2.06. The Morgan fingerprint density at radius 2 is 2.05 bits per heavy atom. The molecule has 0 fully saturated rings. The van der Waals surface area contributed by atoms with Crippen molar-refractivity contribution in [3.8, 4) is 5.75 Å². The van der Waals surface area contributed by atoms with Crippen LogP contribution in [0.15, 0.2) is 46.2 Å². The Hall–Kier alpha value is -1.26. The van der Waals surface area contributed by atoms with E-state index in [0.717, 1.165) is 29.6 Å². The van der Waals surface area contributed by atoms with Crippen molar-refractivity contribution >= 4 is 34.9 Å². The van der Waals surface area contributed by atoms with Crippen LogP contribution in [0.3, 0.4) is 0 Å². The van der Waals surface area contributed by atoms with E-state index in [1.54, 1.807) is 17.8 Å². The number of hydrogen-bond donors (Lipinski definition) is 0. The third kappa shape index (κ3) is 4.89. The quantitative estimate of drug-likeness (QED) is 0.229. The van der Waals surface area contributed by atoms with Gasteiger partial charge >= 0.3 is 0 Å². The number of benzene rings is 1. The number of hydrogen-bond acceptors (Lipinski definition) is 4. The molecule has 0 unspecified atom stereocenters. The van der Waals surface area contributed by atoms with Crippen LogP contribution in [0.2, 0.25) is 0 Å². The van der Waals surface area contributed by atoms with Crippen LogP contribution >= 0.6 is 24.0 Å². The van der Waals surface area contributed by atoms with Gasteiger partial charge in [-0.2, -0.15) is 0 Å². The second-order valence-corrected chi connectivity index (χ2v) is 6.41. The predicted molar refractivity (Wildman–Crippen MR) is 97.6 cm³/mol. The zero-order chi connectivity index (χ0) is 15.8. The maximum atomic E-state index is 5.95. The van der Waals surface area contributed by atoms with Crippen molar-refractivity contribution in [2.75, 3.05) is 12.9 Å². The van der Waals surface area contributed by atoms with Crippen molar-refractivity contribution in [1.29, 1.82) is 0 Å². The van der Waals surface area contributed by atoms with Gasteiger partial charge in [-0.1, -0.05) is 18.9 Å². The first-order valence-electron chi connectivity index (χ1n) is 7.60. The van der Waals surface area contributed by atoms with Gasteiger partial charge < -0.3 is 9.15 Å². The summed E-state index contributed by atoms with van der Waals surface area (Å²) < 4.78 is 12.0. The fourth-order valence-electron chi connectivity index (χ4n) is 2.29. The minimum atomic E-state index is 0.463. The predicted octanol–water partition coefficient (Wildman–Crippen LogP) is 6.40. The van der Waals surface area contributed by atoms with Crippen LogP contribution in [0.5, 0.6) is 5.75 Å². The molecular weight excluding hydrogens is 312 g/mol. The largest absolute Gasteiger partial charge is 0.493 e. The molecule has 4 heteroatoms. The second-order valence-electron chi connectivity index (χ2n) is 5.13. The fraction of sp³-hybridized carbons (Fsp3) is 0.389. The van der Waals surface area contributed by atoms with Gasteiger partial charge in [-0.05, 0) is 55.9 Å². The topological polar surface area (TPSA) is 22.4 Å². The lowest BCUT2D eigenvalue weighted by Gasteiger charge is -2.09. The van der Waals surface area contributed by atoms with Crippen molar-refractivity contribution in [3.63, 3.8) is 0 Å². The van der Waals surface area contributed by atoms with Gasteiger partial charge in [0.05, 0.1) is 12.0 Å². The first-order valence-corrected chi connectivity index (χ1v) is 9.23. The van der Waals surface area contributed by atoms with E-state index in [4.69, 9.17) is 21.4 Å². The number of ether oxygens (including phenoxy) is 1. The minimum absolute atomic E-state index is 0.463. The van der Waals surface area contributed by atoms with Crippen molar-refractivity contribution in [1.82, 2.24) is 0 Å². The normalized spacial score (nSPS) is 10.8. The average Bonchev–Trinajstić information content (AvgIpc) is 2.53. The Labute approximate surface area is 141 Å². The highest BCUT2D eigenvalue weighted by molar-refractivity contribution is 7.98. The number of thioether (sulfide) groups is 1. The van der Waals surface area contributed by atoms with Crippen LogP contribution < -0.4 is 4.74 Å². The Kier molecular flexibility index (Phi) is 7.00. The first kappa shape index (κ1) is 17.1. The van der Waals surface area contributed by atoms with Gasteiger partial charge in [0.15, 0.2) is 4.71 Å². The molecule has 0 bridgehead atoms. The molecule has 0 atom stereocenters. The third-order valence-corrected chi connectivity index (χ3v) is 4.40. The Morgan fingerprint density at radius 1 is 1.23 bits per heavy atom. The van der Waals surface area contributed by atoms with Crippen LogP contribution in [0.25, 0.3) is 11.0 Å². The number of unbranched alkanes of at least 4 members (excludes halogenated alkanes) is 4. The molecule has 0 spiro atoms. The molecule has 22 heavy (non-hydrogen) atoms. The molecule has 0 aliphatic carbocycles. The van der Waals surface area contributed by atoms with Crippen LogP contribution in [-0.4, -0.2) is 12.9 Å². The molecule has 0 aliphatic rings. The van der Waals surface area contributed by atoms with Gasteiger partial charge in [-0.25, -0.2) is 0 Å². The lowest BCUT2D eigenvalue weighted by Crippen LogP contribution is -1.98. The van der Waals surface area contributed by atoms with Gasteiger partial charge in [0.2, 0.25) is 0 Å². The summed E-state index contributed by atoms with van der Waals surface area (Å²) in [5.41, 5.74) is 0.784. The van der Waals surface area contributed by atoms with E-state index >= 15 is 0 Å². The molecule has 118 valence electrons. The van der Waals surface area contributed by atoms with Gasteiger partial charge in [-0.15, -0.1) is 18.3 Å². The van der Waals surface area contributed by atoms with E-state index in [1.807, 2.05) is 18.2 Å². The maximum absolute atomic E-state index is 5.95. The van der Waals surface area contributed by atoms with Crippen molar-refractivity contribution in [2.45, 2.75) is 37.0 Å². The summed E-state index contributed by atoms with van der Waals surface area (Å²) in [6.07, 6.45) is 9.81. The maximum Gasteiger partial charge on any atom is 0.194 e. The van der Waals surface area contributed by atoms with Crippen molar-refractivity contribution < 1.29 is 9.15 Å². The Morgan fingerprint density at radius 3 is 2.82 bits per heavy atom. The highest BCUT2D eigenvalue weighted by Crippen LogP contribution is 2.30. The molecule has 1 aromatic heterocycles. The summed E-state index contributed by atoms with van der Waals surface area (Å²) in [4.78, 5) is 1.19. The first-order chi connectivity index (χ1) is 10.7. The van der Waals surface area contributed by atoms with Gasteiger partial charge in [0.25, 0.3) is 0 Å². The third-order valence-electron chi connectivity index (χ3n) is 3.47. The van der Waals surface area contributed by atoms with E-state index < -0.39 is 0 Å². The van der Waals surface area contributed by atoms with E-state index in [-0.39, 0.29) is 0 Å². The minimum Gasteiger partial charge on any atom is -0.493 e.